The number of rotatable bonds is 1. The predicted octanol–water partition coefficient (Wildman–Crippen LogP) is 2.95. The van der Waals surface area contributed by atoms with Crippen LogP contribution in [0.3, 0.4) is 0 Å². The molecule has 1 saturated heterocycles. The van der Waals surface area contributed by atoms with E-state index in [0.29, 0.717) is 23.9 Å². The molecule has 4 rings (SSSR count). The zero-order valence-electron chi connectivity index (χ0n) is 12.4. The minimum absolute atomic E-state index is 0.0608. The summed E-state index contributed by atoms with van der Waals surface area (Å²) in [6.45, 7) is 0.400. The van der Waals surface area contributed by atoms with Crippen LogP contribution in [0, 0.1) is 0 Å². The Morgan fingerprint density at radius 1 is 1.17 bits per heavy atom. The molecule has 0 saturated carbocycles. The van der Waals surface area contributed by atoms with Crippen molar-refractivity contribution in [2.45, 2.75) is 5.54 Å². The molecule has 1 atom stereocenters. The summed E-state index contributed by atoms with van der Waals surface area (Å²) in [5.74, 6) is 1.94. The van der Waals surface area contributed by atoms with Gasteiger partial charge in [-0.25, -0.2) is 0 Å². The fraction of sp³-hybridized carbons (Fsp3) is 0.235. The third-order valence-electron chi connectivity index (χ3n) is 4.17. The Morgan fingerprint density at radius 2 is 1.91 bits per heavy atom. The summed E-state index contributed by atoms with van der Waals surface area (Å²) in [5, 5.41) is 3.10. The molecule has 1 N–H and O–H groups in total. The molecule has 0 bridgehead atoms. The molecule has 0 radical (unpaired) electrons. The highest BCUT2D eigenvalue weighted by molar-refractivity contribution is 9.10. The van der Waals surface area contributed by atoms with Gasteiger partial charge in [0.2, 0.25) is 5.91 Å². The van der Waals surface area contributed by atoms with Crippen LogP contribution in [0.5, 0.6) is 17.2 Å². The van der Waals surface area contributed by atoms with Crippen molar-refractivity contribution in [3.05, 3.63) is 52.0 Å². The third-order valence-corrected chi connectivity index (χ3v) is 4.67. The van der Waals surface area contributed by atoms with Crippen molar-refractivity contribution in [3.63, 3.8) is 0 Å². The topological polar surface area (TPSA) is 56.8 Å². The van der Waals surface area contributed by atoms with Gasteiger partial charge in [0.25, 0.3) is 0 Å². The quantitative estimate of drug-likeness (QED) is 0.832. The summed E-state index contributed by atoms with van der Waals surface area (Å²) < 4.78 is 17.8. The number of hydrogen-bond donors (Lipinski definition) is 1. The molecule has 1 fully saturated rings. The molecule has 1 amide bonds. The van der Waals surface area contributed by atoms with E-state index in [2.05, 4.69) is 21.2 Å². The second kappa shape index (κ2) is 5.25. The van der Waals surface area contributed by atoms with E-state index in [1.165, 1.54) is 0 Å². The third kappa shape index (κ3) is 2.21. The Kier molecular flexibility index (Phi) is 3.32. The lowest BCUT2D eigenvalue weighted by molar-refractivity contribution is -0.134. The highest BCUT2D eigenvalue weighted by atomic mass is 79.9. The van der Waals surface area contributed by atoms with E-state index in [1.807, 2.05) is 36.4 Å². The molecule has 0 aliphatic carbocycles. The van der Waals surface area contributed by atoms with Crippen molar-refractivity contribution in [1.29, 1.82) is 0 Å². The smallest absolute Gasteiger partial charge is 0.247 e. The SMILES string of the molecule is COc1ccc2c(c1)C1(COCC(=O)N1)c1cc(Br)ccc1O2. The number of amides is 1. The first-order valence-electron chi connectivity index (χ1n) is 7.17. The molecule has 23 heavy (non-hydrogen) atoms. The first-order chi connectivity index (χ1) is 11.1. The van der Waals surface area contributed by atoms with E-state index in [4.69, 9.17) is 14.2 Å². The van der Waals surface area contributed by atoms with Crippen molar-refractivity contribution in [1.82, 2.24) is 5.32 Å². The Bertz CT molecular complexity index is 807. The number of ether oxygens (including phenoxy) is 3. The monoisotopic (exact) mass is 375 g/mol. The Hall–Kier alpha value is -2.05. The lowest BCUT2D eigenvalue weighted by Gasteiger charge is -2.42. The molecule has 2 aromatic rings. The van der Waals surface area contributed by atoms with Gasteiger partial charge in [-0.15, -0.1) is 0 Å². The summed E-state index contributed by atoms with van der Waals surface area (Å²) in [4.78, 5) is 12.1. The van der Waals surface area contributed by atoms with E-state index in [-0.39, 0.29) is 12.5 Å². The van der Waals surface area contributed by atoms with Crippen molar-refractivity contribution >= 4 is 21.8 Å². The number of halogens is 1. The Balaban J connectivity index is 1.98. The van der Waals surface area contributed by atoms with Gasteiger partial charge in [-0.2, -0.15) is 0 Å². The minimum atomic E-state index is -0.781. The highest BCUT2D eigenvalue weighted by Crippen LogP contribution is 2.49. The normalized spacial score (nSPS) is 21.9. The molecule has 118 valence electrons. The van der Waals surface area contributed by atoms with E-state index in [0.717, 1.165) is 15.6 Å². The highest BCUT2D eigenvalue weighted by Gasteiger charge is 2.46. The second-order valence-corrected chi connectivity index (χ2v) is 6.47. The summed E-state index contributed by atoms with van der Waals surface area (Å²) >= 11 is 3.49. The molecule has 6 heteroatoms. The van der Waals surface area contributed by atoms with E-state index in [9.17, 15) is 4.79 Å². The maximum atomic E-state index is 12.1. The fourth-order valence-corrected chi connectivity index (χ4v) is 3.51. The van der Waals surface area contributed by atoms with Crippen LogP contribution < -0.4 is 14.8 Å². The number of carbonyl (C=O) groups excluding carboxylic acids is 1. The average molecular weight is 376 g/mol. The van der Waals surface area contributed by atoms with Crippen LogP contribution in [0.1, 0.15) is 11.1 Å². The Morgan fingerprint density at radius 3 is 2.65 bits per heavy atom. The maximum absolute atomic E-state index is 12.1. The number of nitrogens with one attached hydrogen (secondary N) is 1. The summed E-state index contributed by atoms with van der Waals surface area (Å²) in [6, 6.07) is 11.3. The summed E-state index contributed by atoms with van der Waals surface area (Å²) in [6.07, 6.45) is 0. The van der Waals surface area contributed by atoms with Gasteiger partial charge in [0.1, 0.15) is 29.4 Å². The van der Waals surface area contributed by atoms with Gasteiger partial charge in [0.05, 0.1) is 13.7 Å². The maximum Gasteiger partial charge on any atom is 0.247 e. The molecule has 0 aromatic heterocycles. The number of carbonyl (C=O) groups is 1. The van der Waals surface area contributed by atoms with Gasteiger partial charge in [-0.3, -0.25) is 4.79 Å². The zero-order chi connectivity index (χ0) is 16.0. The van der Waals surface area contributed by atoms with Crippen LogP contribution in [0.4, 0.5) is 0 Å². The number of morpholine rings is 1. The fourth-order valence-electron chi connectivity index (χ4n) is 3.14. The zero-order valence-corrected chi connectivity index (χ0v) is 14.0. The summed E-state index contributed by atoms with van der Waals surface area (Å²) in [5.41, 5.74) is 0.910. The van der Waals surface area contributed by atoms with E-state index < -0.39 is 5.54 Å². The van der Waals surface area contributed by atoms with Gasteiger partial charge < -0.3 is 19.5 Å². The Labute approximate surface area is 141 Å². The first-order valence-corrected chi connectivity index (χ1v) is 7.97. The van der Waals surface area contributed by atoms with Crippen LogP contribution in [-0.2, 0) is 15.1 Å². The predicted molar refractivity (Wildman–Crippen MR) is 87.0 cm³/mol. The number of methoxy groups -OCH3 is 1. The van der Waals surface area contributed by atoms with Crippen LogP contribution in [0.25, 0.3) is 0 Å². The number of hydrogen-bond acceptors (Lipinski definition) is 4. The van der Waals surface area contributed by atoms with Gasteiger partial charge in [-0.1, -0.05) is 15.9 Å². The van der Waals surface area contributed by atoms with Crippen LogP contribution in [0.15, 0.2) is 40.9 Å². The van der Waals surface area contributed by atoms with Crippen molar-refractivity contribution < 1.29 is 19.0 Å². The van der Waals surface area contributed by atoms with Gasteiger partial charge in [-0.05, 0) is 36.4 Å². The standard InChI is InChI=1S/C17H14BrNO4/c1-21-11-3-5-15-13(7-11)17(9-22-8-16(20)19-17)12-6-10(18)2-4-14(12)23-15/h2-7H,8-9H2,1H3,(H,19,20). The average Bonchev–Trinajstić information content (AvgIpc) is 2.56. The van der Waals surface area contributed by atoms with E-state index >= 15 is 0 Å². The van der Waals surface area contributed by atoms with Crippen molar-refractivity contribution in [3.8, 4) is 17.2 Å². The molecular weight excluding hydrogens is 362 g/mol. The van der Waals surface area contributed by atoms with Gasteiger partial charge >= 0.3 is 0 Å². The number of benzene rings is 2. The molecule has 1 unspecified atom stereocenters. The van der Waals surface area contributed by atoms with Crippen LogP contribution in [-0.4, -0.2) is 26.2 Å². The second-order valence-electron chi connectivity index (χ2n) is 5.55. The molecule has 5 nitrogen and oxygen atoms in total. The van der Waals surface area contributed by atoms with Crippen LogP contribution >= 0.6 is 15.9 Å². The molecule has 2 heterocycles. The van der Waals surface area contributed by atoms with Gasteiger partial charge in [0, 0.05) is 15.6 Å². The van der Waals surface area contributed by atoms with E-state index in [1.54, 1.807) is 7.11 Å². The van der Waals surface area contributed by atoms with Crippen molar-refractivity contribution in [2.24, 2.45) is 0 Å². The largest absolute Gasteiger partial charge is 0.497 e. The summed E-state index contributed by atoms with van der Waals surface area (Å²) in [7, 11) is 1.61. The molecular formula is C17H14BrNO4. The molecule has 2 aromatic carbocycles. The molecule has 2 aliphatic rings. The molecule has 2 aliphatic heterocycles. The van der Waals surface area contributed by atoms with Gasteiger partial charge in [0.15, 0.2) is 0 Å². The number of fused-ring (bicyclic) bond motifs is 4. The lowest BCUT2D eigenvalue weighted by atomic mass is 9.80. The lowest BCUT2D eigenvalue weighted by Crippen LogP contribution is -2.56. The van der Waals surface area contributed by atoms with Crippen molar-refractivity contribution in [2.75, 3.05) is 20.3 Å². The minimum Gasteiger partial charge on any atom is -0.497 e. The first kappa shape index (κ1) is 14.5. The van der Waals surface area contributed by atoms with Crippen LogP contribution in [0.2, 0.25) is 0 Å². The molecule has 1 spiro atoms.